The number of nitriles is 1. The number of aromatic carboxylic acids is 1. The van der Waals surface area contributed by atoms with Crippen molar-refractivity contribution >= 4 is 17.7 Å². The van der Waals surface area contributed by atoms with Crippen LogP contribution in [0.25, 0.3) is 0 Å². The molecule has 0 aliphatic heterocycles. The molecule has 0 saturated heterocycles. The summed E-state index contributed by atoms with van der Waals surface area (Å²) in [4.78, 5) is 24.8. The van der Waals surface area contributed by atoms with Crippen LogP contribution in [0.3, 0.4) is 0 Å². The van der Waals surface area contributed by atoms with Gasteiger partial charge in [0, 0.05) is 12.6 Å². The van der Waals surface area contributed by atoms with E-state index in [1.807, 2.05) is 6.07 Å². The summed E-state index contributed by atoms with van der Waals surface area (Å²) in [5.74, 6) is -2.01. The van der Waals surface area contributed by atoms with Crippen molar-refractivity contribution in [3.05, 3.63) is 29.6 Å². The molecule has 1 saturated carbocycles. The Morgan fingerprint density at radius 2 is 2.19 bits per heavy atom. The molecule has 1 aliphatic carbocycles. The van der Waals surface area contributed by atoms with Crippen LogP contribution in [0.5, 0.6) is 0 Å². The van der Waals surface area contributed by atoms with Crippen LogP contribution in [0, 0.1) is 17.1 Å². The maximum atomic E-state index is 13.1. The second kappa shape index (κ2) is 6.22. The smallest absolute Gasteiger partial charge is 0.337 e. The van der Waals surface area contributed by atoms with Gasteiger partial charge in [-0.25, -0.2) is 14.0 Å². The van der Waals surface area contributed by atoms with Crippen LogP contribution >= 0.6 is 0 Å². The van der Waals surface area contributed by atoms with Crippen LogP contribution in [0.2, 0.25) is 0 Å². The van der Waals surface area contributed by atoms with E-state index in [2.05, 4.69) is 5.32 Å². The van der Waals surface area contributed by atoms with E-state index in [1.165, 1.54) is 11.0 Å². The highest BCUT2D eigenvalue weighted by atomic mass is 19.1. The number of rotatable bonds is 5. The number of halogens is 1. The molecular weight excluding hydrogens is 277 g/mol. The van der Waals surface area contributed by atoms with Gasteiger partial charge in [0.2, 0.25) is 0 Å². The van der Waals surface area contributed by atoms with Crippen molar-refractivity contribution in [1.82, 2.24) is 4.90 Å². The molecule has 110 valence electrons. The quantitative estimate of drug-likeness (QED) is 0.871. The highest BCUT2D eigenvalue weighted by molar-refractivity contribution is 6.00. The number of amides is 2. The predicted molar refractivity (Wildman–Crippen MR) is 72.3 cm³/mol. The van der Waals surface area contributed by atoms with Crippen molar-refractivity contribution in [2.45, 2.75) is 25.3 Å². The van der Waals surface area contributed by atoms with Gasteiger partial charge in [-0.3, -0.25) is 0 Å². The summed E-state index contributed by atoms with van der Waals surface area (Å²) in [7, 11) is 0. The number of carbonyl (C=O) groups excluding carboxylic acids is 1. The topological polar surface area (TPSA) is 93.4 Å². The number of nitrogens with one attached hydrogen (secondary N) is 1. The van der Waals surface area contributed by atoms with Gasteiger partial charge in [-0.1, -0.05) is 0 Å². The fourth-order valence-electron chi connectivity index (χ4n) is 2.00. The lowest BCUT2D eigenvalue weighted by molar-refractivity contribution is 0.0697. The van der Waals surface area contributed by atoms with E-state index in [0.29, 0.717) is 0 Å². The second-order valence-corrected chi connectivity index (χ2v) is 4.76. The Hall–Kier alpha value is -2.62. The summed E-state index contributed by atoms with van der Waals surface area (Å²) in [6.07, 6.45) is 1.95. The van der Waals surface area contributed by atoms with Crippen molar-refractivity contribution in [3.8, 4) is 6.07 Å². The monoisotopic (exact) mass is 291 g/mol. The predicted octanol–water partition coefficient (Wildman–Crippen LogP) is 2.43. The summed E-state index contributed by atoms with van der Waals surface area (Å²) in [5, 5.41) is 20.1. The normalized spacial score (nSPS) is 13.3. The zero-order valence-corrected chi connectivity index (χ0v) is 11.2. The van der Waals surface area contributed by atoms with Gasteiger partial charge in [0.1, 0.15) is 5.82 Å². The van der Waals surface area contributed by atoms with Gasteiger partial charge in [0.05, 0.1) is 23.7 Å². The number of benzene rings is 1. The zero-order chi connectivity index (χ0) is 15.4. The molecule has 0 heterocycles. The van der Waals surface area contributed by atoms with Gasteiger partial charge < -0.3 is 15.3 Å². The molecule has 21 heavy (non-hydrogen) atoms. The average molecular weight is 291 g/mol. The Morgan fingerprint density at radius 1 is 1.48 bits per heavy atom. The molecule has 2 rings (SSSR count). The number of hydrogen-bond donors (Lipinski definition) is 2. The molecule has 1 fully saturated rings. The van der Waals surface area contributed by atoms with Crippen LogP contribution in [-0.2, 0) is 0 Å². The molecule has 1 aliphatic rings. The Bertz CT molecular complexity index is 608. The first kappa shape index (κ1) is 14.8. The fourth-order valence-corrected chi connectivity index (χ4v) is 2.00. The van der Waals surface area contributed by atoms with Crippen molar-refractivity contribution < 1.29 is 19.1 Å². The first-order valence-electron chi connectivity index (χ1n) is 6.50. The molecule has 0 unspecified atom stereocenters. The Kier molecular flexibility index (Phi) is 4.38. The van der Waals surface area contributed by atoms with Gasteiger partial charge in [0.15, 0.2) is 0 Å². The Labute approximate surface area is 120 Å². The van der Waals surface area contributed by atoms with Crippen molar-refractivity contribution in [2.75, 3.05) is 11.9 Å². The molecule has 1 aromatic rings. The first-order chi connectivity index (χ1) is 10.0. The Morgan fingerprint density at radius 3 is 2.76 bits per heavy atom. The lowest BCUT2D eigenvalue weighted by Crippen LogP contribution is -2.37. The first-order valence-corrected chi connectivity index (χ1v) is 6.50. The van der Waals surface area contributed by atoms with Gasteiger partial charge in [0.25, 0.3) is 0 Å². The molecule has 2 N–H and O–H groups in total. The number of carboxylic acid groups (broad SMARTS) is 1. The standard InChI is InChI=1S/C14H14FN3O3/c15-9-2-5-12(11(8-9)13(19)20)17-14(21)18(7-1-6-16)10-3-4-10/h2,5,8,10H,1,3-4,7H2,(H,17,21)(H,19,20). The fraction of sp³-hybridized carbons (Fsp3) is 0.357. The van der Waals surface area contributed by atoms with E-state index in [0.717, 1.165) is 25.0 Å². The summed E-state index contributed by atoms with van der Waals surface area (Å²) in [5.41, 5.74) is -0.268. The van der Waals surface area contributed by atoms with E-state index in [1.54, 1.807) is 0 Å². The largest absolute Gasteiger partial charge is 0.478 e. The maximum absolute atomic E-state index is 13.1. The summed E-state index contributed by atoms with van der Waals surface area (Å²) in [6.45, 7) is 0.288. The van der Waals surface area contributed by atoms with Gasteiger partial charge >= 0.3 is 12.0 Å². The minimum atomic E-state index is -1.32. The third kappa shape index (κ3) is 3.69. The van der Waals surface area contributed by atoms with Crippen LogP contribution in [0.1, 0.15) is 29.6 Å². The molecule has 2 amide bonds. The number of hydrogen-bond acceptors (Lipinski definition) is 3. The molecule has 1 aromatic carbocycles. The lowest BCUT2D eigenvalue weighted by Gasteiger charge is -2.22. The number of carbonyl (C=O) groups is 2. The van der Waals surface area contributed by atoms with Gasteiger partial charge in [-0.2, -0.15) is 5.26 Å². The average Bonchev–Trinajstić information content (AvgIpc) is 3.25. The zero-order valence-electron chi connectivity index (χ0n) is 11.2. The molecule has 7 heteroatoms. The van der Waals surface area contributed by atoms with Crippen molar-refractivity contribution in [2.24, 2.45) is 0 Å². The van der Waals surface area contributed by atoms with E-state index in [4.69, 9.17) is 10.4 Å². The number of urea groups is 1. The van der Waals surface area contributed by atoms with Crippen LogP contribution < -0.4 is 5.32 Å². The molecule has 6 nitrogen and oxygen atoms in total. The third-order valence-electron chi connectivity index (χ3n) is 3.17. The van der Waals surface area contributed by atoms with Crippen molar-refractivity contribution in [1.29, 1.82) is 5.26 Å². The number of nitrogens with zero attached hydrogens (tertiary/aromatic N) is 2. The summed E-state index contributed by atoms with van der Waals surface area (Å²) < 4.78 is 13.1. The number of carboxylic acids is 1. The highest BCUT2D eigenvalue weighted by Crippen LogP contribution is 2.28. The molecule has 0 bridgehead atoms. The maximum Gasteiger partial charge on any atom is 0.337 e. The van der Waals surface area contributed by atoms with Crippen molar-refractivity contribution in [3.63, 3.8) is 0 Å². The number of anilines is 1. The minimum Gasteiger partial charge on any atom is -0.478 e. The van der Waals surface area contributed by atoms with E-state index >= 15 is 0 Å². The summed E-state index contributed by atoms with van der Waals surface area (Å²) >= 11 is 0. The van der Waals surface area contributed by atoms with Crippen LogP contribution in [0.15, 0.2) is 18.2 Å². The molecular formula is C14H14FN3O3. The highest BCUT2D eigenvalue weighted by Gasteiger charge is 2.32. The van der Waals surface area contributed by atoms with Crippen LogP contribution in [0.4, 0.5) is 14.9 Å². The lowest BCUT2D eigenvalue weighted by atomic mass is 10.1. The van der Waals surface area contributed by atoms with E-state index in [9.17, 15) is 14.0 Å². The van der Waals surface area contributed by atoms with E-state index in [-0.39, 0.29) is 30.3 Å². The molecule has 0 aromatic heterocycles. The van der Waals surface area contributed by atoms with Gasteiger partial charge in [-0.15, -0.1) is 0 Å². The van der Waals surface area contributed by atoms with E-state index < -0.39 is 17.8 Å². The van der Waals surface area contributed by atoms with Gasteiger partial charge in [-0.05, 0) is 31.0 Å². The SMILES string of the molecule is N#CCCN(C(=O)Nc1ccc(F)cc1C(=O)O)C1CC1. The minimum absolute atomic E-state index is 0.0384. The third-order valence-corrected chi connectivity index (χ3v) is 3.17. The summed E-state index contributed by atoms with van der Waals surface area (Å²) in [6, 6.07) is 4.74. The van der Waals surface area contributed by atoms with Crippen LogP contribution in [-0.4, -0.2) is 34.6 Å². The molecule has 0 spiro atoms. The molecule has 0 atom stereocenters. The second-order valence-electron chi connectivity index (χ2n) is 4.76. The Balaban J connectivity index is 2.14. The molecule has 0 radical (unpaired) electrons.